The number of non-ortho nitro benzene ring substituents is 1. The van der Waals surface area contributed by atoms with E-state index in [1.54, 1.807) is 0 Å². The molecule has 1 N–H and O–H groups in total. The topological polar surface area (TPSA) is 191 Å². The number of nitrogens with one attached hydrogen (secondary N) is 1. The van der Waals surface area contributed by atoms with Crippen molar-refractivity contribution in [3.8, 4) is 0 Å². The standard InChI is InChI=1S/C28H47N3O14/c1-2-36-7-8-38-11-12-40-15-16-42-19-20-44-23-24-45-22-21-43-18-17-41-14-13-39-10-9-37-6-5-29-27-4-3-26(30(32)33)25-28(27)31(34)35/h2-4,25,29H,1,5-24H2. The molecule has 1 aromatic rings. The number of hydrogen-bond acceptors (Lipinski definition) is 15. The molecule has 0 fully saturated rings. The van der Waals surface area contributed by atoms with Gasteiger partial charge in [0.2, 0.25) is 0 Å². The Balaban J connectivity index is 1.75. The zero-order valence-corrected chi connectivity index (χ0v) is 25.8. The first-order chi connectivity index (χ1) is 22.1. The zero-order valence-electron chi connectivity index (χ0n) is 25.8. The number of rotatable bonds is 34. The quantitative estimate of drug-likeness (QED) is 0.0494. The molecule has 0 spiro atoms. The van der Waals surface area contributed by atoms with Crippen LogP contribution < -0.4 is 5.32 Å². The number of anilines is 1. The van der Waals surface area contributed by atoms with Crippen molar-refractivity contribution in [3.63, 3.8) is 0 Å². The summed E-state index contributed by atoms with van der Waals surface area (Å²) in [5.74, 6) is 0. The van der Waals surface area contributed by atoms with Crippen LogP contribution >= 0.6 is 0 Å². The Morgan fingerprint density at radius 3 is 1.24 bits per heavy atom. The number of benzene rings is 1. The van der Waals surface area contributed by atoms with Gasteiger partial charge < -0.3 is 52.7 Å². The van der Waals surface area contributed by atoms with Gasteiger partial charge in [-0.25, -0.2) is 0 Å². The fourth-order valence-electron chi connectivity index (χ4n) is 3.24. The molecule has 0 saturated heterocycles. The molecule has 0 bridgehead atoms. The molecule has 0 amide bonds. The minimum atomic E-state index is -0.682. The molecular weight excluding hydrogens is 602 g/mol. The lowest BCUT2D eigenvalue weighted by Gasteiger charge is -2.09. The van der Waals surface area contributed by atoms with Crippen molar-refractivity contribution in [1.82, 2.24) is 0 Å². The molecule has 17 nitrogen and oxygen atoms in total. The van der Waals surface area contributed by atoms with E-state index in [0.717, 1.165) is 6.07 Å². The number of nitro benzene ring substituents is 2. The summed E-state index contributed by atoms with van der Waals surface area (Å²) < 4.78 is 53.6. The third-order valence-electron chi connectivity index (χ3n) is 5.39. The Morgan fingerprint density at radius 2 is 0.911 bits per heavy atom. The normalized spacial score (nSPS) is 11.0. The van der Waals surface area contributed by atoms with E-state index in [4.69, 9.17) is 47.4 Å². The maximum Gasteiger partial charge on any atom is 0.299 e. The summed E-state index contributed by atoms with van der Waals surface area (Å²) >= 11 is 0. The van der Waals surface area contributed by atoms with Crippen molar-refractivity contribution in [2.24, 2.45) is 0 Å². The second kappa shape index (κ2) is 29.7. The molecule has 0 heterocycles. The van der Waals surface area contributed by atoms with E-state index in [1.807, 2.05) is 0 Å². The van der Waals surface area contributed by atoms with Crippen LogP contribution in [0, 0.1) is 20.2 Å². The first-order valence-electron chi connectivity index (χ1n) is 14.6. The third kappa shape index (κ3) is 24.0. The molecule has 0 atom stereocenters. The molecule has 1 aromatic carbocycles. The summed E-state index contributed by atoms with van der Waals surface area (Å²) in [6.45, 7) is 12.3. The van der Waals surface area contributed by atoms with Crippen LogP contribution in [-0.2, 0) is 47.4 Å². The Labute approximate surface area is 263 Å². The molecule has 0 unspecified atom stereocenters. The average molecular weight is 650 g/mol. The van der Waals surface area contributed by atoms with Gasteiger partial charge in [0.05, 0.1) is 141 Å². The third-order valence-corrected chi connectivity index (χ3v) is 5.39. The lowest BCUT2D eigenvalue weighted by molar-refractivity contribution is -0.393. The summed E-state index contributed by atoms with van der Waals surface area (Å²) in [6, 6.07) is 3.43. The van der Waals surface area contributed by atoms with E-state index < -0.39 is 9.85 Å². The van der Waals surface area contributed by atoms with E-state index >= 15 is 0 Å². The van der Waals surface area contributed by atoms with Gasteiger partial charge >= 0.3 is 0 Å². The predicted molar refractivity (Wildman–Crippen MR) is 162 cm³/mol. The Bertz CT molecular complexity index is 896. The zero-order chi connectivity index (χ0) is 32.6. The molecule has 0 aliphatic rings. The molecule has 0 radical (unpaired) electrons. The lowest BCUT2D eigenvalue weighted by atomic mass is 10.2. The number of nitro groups is 2. The molecule has 0 saturated carbocycles. The van der Waals surface area contributed by atoms with Crippen LogP contribution in [-0.4, -0.2) is 142 Å². The van der Waals surface area contributed by atoms with Gasteiger partial charge in [0, 0.05) is 12.6 Å². The van der Waals surface area contributed by atoms with Crippen LogP contribution in [0.2, 0.25) is 0 Å². The fourth-order valence-corrected chi connectivity index (χ4v) is 3.24. The number of nitrogens with zero attached hydrogens (tertiary/aromatic N) is 2. The summed E-state index contributed by atoms with van der Waals surface area (Å²) in [4.78, 5) is 20.6. The second-order valence-corrected chi connectivity index (χ2v) is 8.69. The molecule has 0 aliphatic carbocycles. The predicted octanol–water partition coefficient (Wildman–Crippen LogP) is 2.22. The van der Waals surface area contributed by atoms with Crippen molar-refractivity contribution >= 4 is 17.1 Å². The van der Waals surface area contributed by atoms with Gasteiger partial charge in [-0.1, -0.05) is 6.58 Å². The largest absolute Gasteiger partial charge is 0.499 e. The minimum absolute atomic E-state index is 0.186. The highest BCUT2D eigenvalue weighted by molar-refractivity contribution is 5.65. The van der Waals surface area contributed by atoms with Gasteiger partial charge in [-0.3, -0.25) is 20.2 Å². The van der Waals surface area contributed by atoms with Crippen LogP contribution in [0.15, 0.2) is 31.0 Å². The van der Waals surface area contributed by atoms with E-state index in [1.165, 1.54) is 18.4 Å². The van der Waals surface area contributed by atoms with E-state index in [0.29, 0.717) is 125 Å². The molecule has 258 valence electrons. The van der Waals surface area contributed by atoms with Crippen molar-refractivity contribution in [2.45, 2.75) is 0 Å². The van der Waals surface area contributed by atoms with Crippen LogP contribution in [0.4, 0.5) is 17.1 Å². The summed E-state index contributed by atoms with van der Waals surface area (Å²) in [5, 5.41) is 24.8. The van der Waals surface area contributed by atoms with Crippen LogP contribution in [0.5, 0.6) is 0 Å². The van der Waals surface area contributed by atoms with Gasteiger partial charge in [0.15, 0.2) is 0 Å². The molecule has 17 heteroatoms. The van der Waals surface area contributed by atoms with Crippen LogP contribution in [0.3, 0.4) is 0 Å². The van der Waals surface area contributed by atoms with E-state index in [9.17, 15) is 20.2 Å². The number of hydrogen-bond donors (Lipinski definition) is 1. The monoisotopic (exact) mass is 649 g/mol. The van der Waals surface area contributed by atoms with Crippen LogP contribution in [0.1, 0.15) is 0 Å². The first-order valence-corrected chi connectivity index (χ1v) is 14.6. The lowest BCUT2D eigenvalue weighted by Crippen LogP contribution is -2.16. The Kier molecular flexibility index (Phi) is 26.4. The van der Waals surface area contributed by atoms with Gasteiger partial charge in [0.25, 0.3) is 11.4 Å². The van der Waals surface area contributed by atoms with E-state index in [2.05, 4.69) is 11.9 Å². The summed E-state index contributed by atoms with van der Waals surface area (Å²) in [7, 11) is 0. The van der Waals surface area contributed by atoms with Gasteiger partial charge in [-0.2, -0.15) is 0 Å². The summed E-state index contributed by atoms with van der Waals surface area (Å²) in [6.07, 6.45) is 1.38. The van der Waals surface area contributed by atoms with Crippen molar-refractivity contribution in [3.05, 3.63) is 51.3 Å². The van der Waals surface area contributed by atoms with Crippen molar-refractivity contribution in [1.29, 1.82) is 0 Å². The molecule has 0 aromatic heterocycles. The maximum absolute atomic E-state index is 11.1. The summed E-state index contributed by atoms with van der Waals surface area (Å²) in [5.41, 5.74) is -0.525. The van der Waals surface area contributed by atoms with Gasteiger partial charge in [-0.05, 0) is 6.07 Å². The highest BCUT2D eigenvalue weighted by atomic mass is 16.6. The maximum atomic E-state index is 11.1. The molecular formula is C28H47N3O14. The first kappa shape index (κ1) is 40.0. The molecule has 0 aliphatic heterocycles. The molecule has 1 rings (SSSR count). The highest BCUT2D eigenvalue weighted by Crippen LogP contribution is 2.28. The van der Waals surface area contributed by atoms with Crippen LogP contribution in [0.25, 0.3) is 0 Å². The minimum Gasteiger partial charge on any atom is -0.499 e. The fraction of sp³-hybridized carbons (Fsp3) is 0.714. The second-order valence-electron chi connectivity index (χ2n) is 8.69. The van der Waals surface area contributed by atoms with Crippen molar-refractivity contribution in [2.75, 3.05) is 137 Å². The number of ether oxygens (including phenoxy) is 10. The smallest absolute Gasteiger partial charge is 0.299 e. The SMILES string of the molecule is C=COCCOCCOCCOCCOCCOCCOCCOCCOCCOCCNc1ccc([N+](=O)[O-])cc1[N+](=O)[O-]. The highest BCUT2D eigenvalue weighted by Gasteiger charge is 2.19. The average Bonchev–Trinajstić information content (AvgIpc) is 3.03. The van der Waals surface area contributed by atoms with Crippen molar-refractivity contribution < 1.29 is 57.2 Å². The van der Waals surface area contributed by atoms with E-state index in [-0.39, 0.29) is 23.7 Å². The Morgan fingerprint density at radius 1 is 0.556 bits per heavy atom. The van der Waals surface area contributed by atoms with Gasteiger partial charge in [-0.15, -0.1) is 0 Å². The molecule has 45 heavy (non-hydrogen) atoms. The Hall–Kier alpha value is -3.00. The van der Waals surface area contributed by atoms with Gasteiger partial charge in [0.1, 0.15) is 12.3 Å².